The van der Waals surface area contributed by atoms with E-state index < -0.39 is 0 Å². The van der Waals surface area contributed by atoms with Crippen LogP contribution in [0.4, 0.5) is 5.69 Å². The number of nitrogens with zero attached hydrogens (tertiary/aromatic N) is 3. The fraction of sp³-hybridized carbons (Fsp3) is 0.200. The quantitative estimate of drug-likeness (QED) is 0.768. The third kappa shape index (κ3) is 3.09. The highest BCUT2D eigenvalue weighted by Crippen LogP contribution is 2.28. The van der Waals surface area contributed by atoms with Crippen LogP contribution in [-0.4, -0.2) is 14.8 Å². The highest BCUT2D eigenvalue weighted by atomic mass is 35.5. The maximum Gasteiger partial charge on any atom is 0.106 e. The molecule has 0 fully saturated rings. The van der Waals surface area contributed by atoms with Gasteiger partial charge >= 0.3 is 0 Å². The van der Waals surface area contributed by atoms with Crippen molar-refractivity contribution in [1.29, 1.82) is 0 Å². The predicted octanol–water partition coefficient (Wildman–Crippen LogP) is 4.16. The summed E-state index contributed by atoms with van der Waals surface area (Å²) in [6, 6.07) is 7.68. The third-order valence-corrected chi connectivity index (χ3v) is 4.52. The molecule has 0 aliphatic carbocycles. The molecule has 0 unspecified atom stereocenters. The van der Waals surface area contributed by atoms with E-state index in [1.54, 1.807) is 22.2 Å². The minimum Gasteiger partial charge on any atom is -0.378 e. The number of aryl methyl sites for hydroxylation is 1. The lowest BCUT2D eigenvalue weighted by molar-refractivity contribution is 0.880. The molecule has 0 saturated carbocycles. The first-order valence-electron chi connectivity index (χ1n) is 6.74. The Labute approximate surface area is 132 Å². The molecule has 0 spiro atoms. The zero-order valence-corrected chi connectivity index (χ0v) is 13.2. The van der Waals surface area contributed by atoms with E-state index >= 15 is 0 Å². The standard InChI is InChI=1S/C15H15ClN4S/c1-2-14-18-10-11(21-14)9-17-13-6-3-5-12(16)15(13)20-8-4-7-19-20/h3-8,10,17H,2,9H2,1H3. The largest absolute Gasteiger partial charge is 0.378 e. The lowest BCUT2D eigenvalue weighted by Crippen LogP contribution is -2.04. The highest BCUT2D eigenvalue weighted by Gasteiger charge is 2.10. The Balaban J connectivity index is 1.84. The first-order chi connectivity index (χ1) is 10.3. The van der Waals surface area contributed by atoms with Crippen molar-refractivity contribution in [2.75, 3.05) is 5.32 Å². The van der Waals surface area contributed by atoms with E-state index in [1.807, 2.05) is 36.7 Å². The number of nitrogens with one attached hydrogen (secondary N) is 1. The summed E-state index contributed by atoms with van der Waals surface area (Å²) in [5, 5.41) is 9.51. The van der Waals surface area contributed by atoms with Gasteiger partial charge in [-0.3, -0.25) is 0 Å². The summed E-state index contributed by atoms with van der Waals surface area (Å²) in [7, 11) is 0. The molecule has 21 heavy (non-hydrogen) atoms. The number of rotatable bonds is 5. The molecule has 0 bridgehead atoms. The second-order valence-corrected chi connectivity index (χ2v) is 6.12. The van der Waals surface area contributed by atoms with Crippen LogP contribution in [0, 0.1) is 0 Å². The number of hydrogen-bond donors (Lipinski definition) is 1. The predicted molar refractivity (Wildman–Crippen MR) is 87.4 cm³/mol. The van der Waals surface area contributed by atoms with Gasteiger partial charge in [-0.2, -0.15) is 5.10 Å². The van der Waals surface area contributed by atoms with Crippen LogP contribution in [-0.2, 0) is 13.0 Å². The van der Waals surface area contributed by atoms with Gasteiger partial charge in [0.05, 0.1) is 22.3 Å². The summed E-state index contributed by atoms with van der Waals surface area (Å²) in [5.74, 6) is 0. The zero-order valence-electron chi connectivity index (χ0n) is 11.6. The van der Waals surface area contributed by atoms with Crippen LogP contribution in [0.15, 0.2) is 42.9 Å². The van der Waals surface area contributed by atoms with Crippen molar-refractivity contribution < 1.29 is 0 Å². The molecule has 2 heterocycles. The summed E-state index contributed by atoms with van der Waals surface area (Å²) < 4.78 is 1.77. The van der Waals surface area contributed by atoms with Gasteiger partial charge in [0.2, 0.25) is 0 Å². The van der Waals surface area contributed by atoms with Gasteiger partial charge in [-0.05, 0) is 24.6 Å². The van der Waals surface area contributed by atoms with Crippen LogP contribution in [0.2, 0.25) is 5.02 Å². The SMILES string of the molecule is CCc1ncc(CNc2cccc(Cl)c2-n2cccn2)s1. The van der Waals surface area contributed by atoms with E-state index in [2.05, 4.69) is 22.3 Å². The monoisotopic (exact) mass is 318 g/mol. The van der Waals surface area contributed by atoms with Crippen LogP contribution in [0.1, 0.15) is 16.8 Å². The van der Waals surface area contributed by atoms with Gasteiger partial charge in [0, 0.05) is 23.5 Å². The number of hydrogen-bond acceptors (Lipinski definition) is 4. The van der Waals surface area contributed by atoms with Crippen molar-refractivity contribution in [2.45, 2.75) is 19.9 Å². The van der Waals surface area contributed by atoms with Crippen molar-refractivity contribution in [3.8, 4) is 5.69 Å². The molecular formula is C15H15ClN4S. The first kappa shape index (κ1) is 14.1. The van der Waals surface area contributed by atoms with Gasteiger partial charge < -0.3 is 5.32 Å². The van der Waals surface area contributed by atoms with Crippen LogP contribution >= 0.6 is 22.9 Å². The lowest BCUT2D eigenvalue weighted by Gasteiger charge is -2.12. The molecule has 0 aliphatic heterocycles. The van der Waals surface area contributed by atoms with E-state index in [4.69, 9.17) is 11.6 Å². The van der Waals surface area contributed by atoms with Gasteiger partial charge in [0.15, 0.2) is 0 Å². The summed E-state index contributed by atoms with van der Waals surface area (Å²) in [5.41, 5.74) is 1.82. The van der Waals surface area contributed by atoms with E-state index in [9.17, 15) is 0 Å². The van der Waals surface area contributed by atoms with Crippen molar-refractivity contribution >= 4 is 28.6 Å². The van der Waals surface area contributed by atoms with E-state index in [0.29, 0.717) is 5.02 Å². The van der Waals surface area contributed by atoms with Crippen LogP contribution < -0.4 is 5.32 Å². The van der Waals surface area contributed by atoms with Gasteiger partial charge in [-0.25, -0.2) is 9.67 Å². The first-order valence-corrected chi connectivity index (χ1v) is 7.93. The van der Waals surface area contributed by atoms with Crippen molar-refractivity contribution in [3.05, 3.63) is 57.8 Å². The van der Waals surface area contributed by atoms with Gasteiger partial charge in [-0.1, -0.05) is 24.6 Å². The second-order valence-electron chi connectivity index (χ2n) is 4.51. The summed E-state index contributed by atoms with van der Waals surface area (Å²) in [6.07, 6.45) is 6.52. The number of para-hydroxylation sites is 1. The molecule has 2 aromatic heterocycles. The maximum absolute atomic E-state index is 6.32. The molecule has 1 aromatic carbocycles. The summed E-state index contributed by atoms with van der Waals surface area (Å²) in [6.45, 7) is 2.84. The Bertz CT molecular complexity index is 721. The molecule has 0 atom stereocenters. The van der Waals surface area contributed by atoms with E-state index in [0.717, 1.165) is 29.3 Å². The Kier molecular flexibility index (Phi) is 4.22. The van der Waals surface area contributed by atoms with Crippen LogP contribution in [0.3, 0.4) is 0 Å². The topological polar surface area (TPSA) is 42.7 Å². The number of benzene rings is 1. The molecule has 6 heteroatoms. The van der Waals surface area contributed by atoms with E-state index in [-0.39, 0.29) is 0 Å². The number of anilines is 1. The Hall–Kier alpha value is -1.85. The fourth-order valence-corrected chi connectivity index (χ4v) is 3.13. The third-order valence-electron chi connectivity index (χ3n) is 3.08. The van der Waals surface area contributed by atoms with E-state index in [1.165, 1.54) is 4.88 Å². The zero-order chi connectivity index (χ0) is 14.7. The lowest BCUT2D eigenvalue weighted by atomic mass is 10.2. The fourth-order valence-electron chi connectivity index (χ4n) is 2.07. The number of aromatic nitrogens is 3. The van der Waals surface area contributed by atoms with Crippen molar-refractivity contribution in [2.24, 2.45) is 0 Å². The summed E-state index contributed by atoms with van der Waals surface area (Å²) >= 11 is 8.05. The molecule has 0 radical (unpaired) electrons. The van der Waals surface area contributed by atoms with Crippen LogP contribution in [0.25, 0.3) is 5.69 Å². The molecule has 3 aromatic rings. The smallest absolute Gasteiger partial charge is 0.106 e. The van der Waals surface area contributed by atoms with Gasteiger partial charge in [0.25, 0.3) is 0 Å². The van der Waals surface area contributed by atoms with Gasteiger partial charge in [0.1, 0.15) is 5.69 Å². The molecule has 0 aliphatic rings. The molecule has 0 amide bonds. The van der Waals surface area contributed by atoms with Crippen molar-refractivity contribution in [1.82, 2.24) is 14.8 Å². The minimum absolute atomic E-state index is 0.669. The molecule has 108 valence electrons. The molecule has 1 N–H and O–H groups in total. The van der Waals surface area contributed by atoms with Crippen molar-refractivity contribution in [3.63, 3.8) is 0 Å². The normalized spacial score (nSPS) is 10.8. The molecule has 3 rings (SSSR count). The number of thiazole rings is 1. The molecule has 0 saturated heterocycles. The number of halogens is 1. The van der Waals surface area contributed by atoms with Crippen LogP contribution in [0.5, 0.6) is 0 Å². The Morgan fingerprint density at radius 2 is 2.24 bits per heavy atom. The Morgan fingerprint density at radius 3 is 2.95 bits per heavy atom. The summed E-state index contributed by atoms with van der Waals surface area (Å²) in [4.78, 5) is 5.58. The Morgan fingerprint density at radius 1 is 1.33 bits per heavy atom. The average Bonchev–Trinajstić information content (AvgIpc) is 3.16. The highest BCUT2D eigenvalue weighted by molar-refractivity contribution is 7.11. The second kappa shape index (κ2) is 6.28. The van der Waals surface area contributed by atoms with Gasteiger partial charge in [-0.15, -0.1) is 11.3 Å². The maximum atomic E-state index is 6.32. The molecule has 4 nitrogen and oxygen atoms in total. The average molecular weight is 319 g/mol. The molecular weight excluding hydrogens is 304 g/mol. The minimum atomic E-state index is 0.669.